The summed E-state index contributed by atoms with van der Waals surface area (Å²) in [5, 5.41) is 10.2. The van der Waals surface area contributed by atoms with Crippen molar-refractivity contribution in [2.45, 2.75) is 25.4 Å². The minimum absolute atomic E-state index is 0.00149. The van der Waals surface area contributed by atoms with E-state index in [1.165, 1.54) is 19.2 Å². The molecule has 1 atom stereocenters. The van der Waals surface area contributed by atoms with E-state index < -0.39 is 11.9 Å². The first-order valence-corrected chi connectivity index (χ1v) is 7.89. The van der Waals surface area contributed by atoms with Crippen LogP contribution in [0.15, 0.2) is 36.4 Å². The monoisotopic (exact) mass is 330 g/mol. The minimum atomic E-state index is -0.955. The van der Waals surface area contributed by atoms with Crippen LogP contribution in [0.25, 0.3) is 0 Å². The van der Waals surface area contributed by atoms with Gasteiger partial charge in [-0.1, -0.05) is 6.07 Å². The first kappa shape index (κ1) is 16.5. The number of methoxy groups -OCH3 is 1. The van der Waals surface area contributed by atoms with Gasteiger partial charge in [-0.2, -0.15) is 0 Å². The molecule has 0 heterocycles. The van der Waals surface area contributed by atoms with Crippen molar-refractivity contribution in [1.82, 2.24) is 0 Å². The molecule has 126 valence electrons. The largest absolute Gasteiger partial charge is 0.494 e. The molecule has 1 aliphatic carbocycles. The van der Waals surface area contributed by atoms with Crippen LogP contribution in [0.3, 0.4) is 0 Å². The maximum atomic E-state index is 13.7. The van der Waals surface area contributed by atoms with E-state index in [2.05, 4.69) is 0 Å². The average Bonchev–Trinajstić information content (AvgIpc) is 2.59. The molecule has 0 aliphatic heterocycles. The third-order valence-corrected chi connectivity index (χ3v) is 4.20. The van der Waals surface area contributed by atoms with E-state index in [1.54, 1.807) is 18.2 Å². The van der Waals surface area contributed by atoms with Crippen LogP contribution in [0, 0.1) is 5.82 Å². The number of aliphatic hydroxyl groups excluding tert-OH is 1. The molecule has 5 heteroatoms. The van der Waals surface area contributed by atoms with Crippen molar-refractivity contribution in [1.29, 1.82) is 0 Å². The van der Waals surface area contributed by atoms with Gasteiger partial charge in [-0.15, -0.1) is 0 Å². The standard InChI is InChI=1S/C19H19FO4/c1-23-19-8-5-13(10-16(19)20)18(22)11-24-14-6-7-15-12(9-14)3-2-4-17(15)21/h5-10,18,22H,2-4,11H2,1H3. The van der Waals surface area contributed by atoms with E-state index in [1.807, 2.05) is 6.07 Å². The summed E-state index contributed by atoms with van der Waals surface area (Å²) in [6.07, 6.45) is 1.34. The molecule has 0 radical (unpaired) electrons. The summed E-state index contributed by atoms with van der Waals surface area (Å²) in [5.41, 5.74) is 2.15. The molecule has 3 rings (SSSR count). The van der Waals surface area contributed by atoms with E-state index in [0.29, 0.717) is 17.7 Å². The molecular formula is C19H19FO4. The van der Waals surface area contributed by atoms with Gasteiger partial charge in [0.15, 0.2) is 17.3 Å². The van der Waals surface area contributed by atoms with Crippen LogP contribution < -0.4 is 9.47 Å². The number of Topliss-reactive ketones (excluding diaryl/α,β-unsaturated/α-hetero) is 1. The number of aryl methyl sites for hydroxylation is 1. The number of carbonyl (C=O) groups is 1. The number of benzene rings is 2. The summed E-state index contributed by atoms with van der Waals surface area (Å²) in [6.45, 7) is -0.00149. The van der Waals surface area contributed by atoms with Crippen molar-refractivity contribution < 1.29 is 23.8 Å². The van der Waals surface area contributed by atoms with E-state index in [0.717, 1.165) is 24.0 Å². The molecule has 0 saturated heterocycles. The zero-order valence-electron chi connectivity index (χ0n) is 13.4. The summed E-state index contributed by atoms with van der Waals surface area (Å²) in [4.78, 5) is 11.8. The first-order chi connectivity index (χ1) is 11.6. The van der Waals surface area contributed by atoms with Gasteiger partial charge < -0.3 is 14.6 Å². The zero-order valence-corrected chi connectivity index (χ0v) is 13.4. The van der Waals surface area contributed by atoms with Gasteiger partial charge in [0.2, 0.25) is 0 Å². The van der Waals surface area contributed by atoms with Crippen LogP contribution in [0.4, 0.5) is 4.39 Å². The topological polar surface area (TPSA) is 55.8 Å². The van der Waals surface area contributed by atoms with Crippen LogP contribution in [0.1, 0.15) is 40.4 Å². The van der Waals surface area contributed by atoms with E-state index >= 15 is 0 Å². The molecule has 0 spiro atoms. The quantitative estimate of drug-likeness (QED) is 0.912. The molecule has 0 amide bonds. The summed E-state index contributed by atoms with van der Waals surface area (Å²) in [6, 6.07) is 9.64. The lowest BCUT2D eigenvalue weighted by molar-refractivity contribution is 0.0971. The lowest BCUT2D eigenvalue weighted by Gasteiger charge is -2.17. The third kappa shape index (κ3) is 3.41. The molecule has 2 aromatic carbocycles. The lowest BCUT2D eigenvalue weighted by Crippen LogP contribution is -2.13. The van der Waals surface area contributed by atoms with Crippen LogP contribution in [-0.4, -0.2) is 24.6 Å². The van der Waals surface area contributed by atoms with Crippen molar-refractivity contribution in [2.24, 2.45) is 0 Å². The van der Waals surface area contributed by atoms with Crippen LogP contribution >= 0.6 is 0 Å². The fourth-order valence-electron chi connectivity index (χ4n) is 2.87. The summed E-state index contributed by atoms with van der Waals surface area (Å²) < 4.78 is 24.2. The second-order valence-electron chi connectivity index (χ2n) is 5.82. The fraction of sp³-hybridized carbons (Fsp3) is 0.316. The number of fused-ring (bicyclic) bond motifs is 1. The summed E-state index contributed by atoms with van der Waals surface area (Å²) in [7, 11) is 1.39. The number of carbonyl (C=O) groups excluding carboxylic acids is 1. The molecule has 2 aromatic rings. The Morgan fingerprint density at radius 3 is 2.79 bits per heavy atom. The number of hydrogen-bond acceptors (Lipinski definition) is 4. The molecule has 4 nitrogen and oxygen atoms in total. The maximum absolute atomic E-state index is 13.7. The highest BCUT2D eigenvalue weighted by Gasteiger charge is 2.18. The van der Waals surface area contributed by atoms with Gasteiger partial charge in [-0.25, -0.2) is 4.39 Å². The second-order valence-corrected chi connectivity index (χ2v) is 5.82. The summed E-state index contributed by atoms with van der Waals surface area (Å²) in [5.74, 6) is 0.362. The number of hydrogen-bond donors (Lipinski definition) is 1. The smallest absolute Gasteiger partial charge is 0.165 e. The molecule has 0 aromatic heterocycles. The Kier molecular flexibility index (Phi) is 4.81. The van der Waals surface area contributed by atoms with Crippen LogP contribution in [0.5, 0.6) is 11.5 Å². The van der Waals surface area contributed by atoms with Crippen molar-refractivity contribution >= 4 is 5.78 Å². The first-order valence-electron chi connectivity index (χ1n) is 7.89. The van der Waals surface area contributed by atoms with Gasteiger partial charge in [0.25, 0.3) is 0 Å². The maximum Gasteiger partial charge on any atom is 0.165 e. The van der Waals surface area contributed by atoms with Crippen LogP contribution in [-0.2, 0) is 6.42 Å². The second kappa shape index (κ2) is 7.01. The van der Waals surface area contributed by atoms with Crippen LogP contribution in [0.2, 0.25) is 0 Å². The molecule has 1 unspecified atom stereocenters. The zero-order chi connectivity index (χ0) is 17.1. The van der Waals surface area contributed by atoms with Gasteiger partial charge in [0, 0.05) is 12.0 Å². The fourth-order valence-corrected chi connectivity index (χ4v) is 2.87. The average molecular weight is 330 g/mol. The molecule has 1 aliphatic rings. The molecular weight excluding hydrogens is 311 g/mol. The Hall–Kier alpha value is -2.40. The van der Waals surface area contributed by atoms with E-state index in [-0.39, 0.29) is 18.1 Å². The van der Waals surface area contributed by atoms with Crippen molar-refractivity contribution in [2.75, 3.05) is 13.7 Å². The highest BCUT2D eigenvalue weighted by atomic mass is 19.1. The molecule has 0 bridgehead atoms. The number of rotatable bonds is 5. The Balaban J connectivity index is 1.67. The highest BCUT2D eigenvalue weighted by molar-refractivity contribution is 5.98. The summed E-state index contributed by atoms with van der Waals surface area (Å²) >= 11 is 0. The molecule has 0 fully saturated rings. The Bertz CT molecular complexity index is 757. The van der Waals surface area contributed by atoms with Gasteiger partial charge in [0.05, 0.1) is 7.11 Å². The van der Waals surface area contributed by atoms with Gasteiger partial charge in [-0.05, 0) is 54.3 Å². The Labute approximate surface area is 139 Å². The van der Waals surface area contributed by atoms with E-state index in [9.17, 15) is 14.3 Å². The normalized spacial score (nSPS) is 14.9. The lowest BCUT2D eigenvalue weighted by atomic mass is 9.90. The van der Waals surface area contributed by atoms with E-state index in [4.69, 9.17) is 9.47 Å². The van der Waals surface area contributed by atoms with Crippen molar-refractivity contribution in [3.8, 4) is 11.5 Å². The van der Waals surface area contributed by atoms with Crippen molar-refractivity contribution in [3.63, 3.8) is 0 Å². The van der Waals surface area contributed by atoms with Gasteiger partial charge >= 0.3 is 0 Å². The number of halogens is 1. The SMILES string of the molecule is COc1ccc(C(O)COc2ccc3c(c2)CCCC3=O)cc1F. The Morgan fingerprint density at radius 1 is 1.21 bits per heavy atom. The van der Waals surface area contributed by atoms with Gasteiger partial charge in [-0.3, -0.25) is 4.79 Å². The van der Waals surface area contributed by atoms with Crippen molar-refractivity contribution in [3.05, 3.63) is 58.9 Å². The van der Waals surface area contributed by atoms with Gasteiger partial charge in [0.1, 0.15) is 18.5 Å². The molecule has 1 N–H and O–H groups in total. The number of aliphatic hydroxyl groups is 1. The highest BCUT2D eigenvalue weighted by Crippen LogP contribution is 2.27. The third-order valence-electron chi connectivity index (χ3n) is 4.20. The Morgan fingerprint density at radius 2 is 2.04 bits per heavy atom. The predicted octanol–water partition coefficient (Wildman–Crippen LogP) is 3.47. The minimum Gasteiger partial charge on any atom is -0.494 e. The molecule has 0 saturated carbocycles. The predicted molar refractivity (Wildman–Crippen MR) is 87.1 cm³/mol. The number of ether oxygens (including phenoxy) is 2. The number of ketones is 1. The molecule has 24 heavy (non-hydrogen) atoms.